The van der Waals surface area contributed by atoms with E-state index in [1.807, 2.05) is 6.92 Å². The highest BCUT2D eigenvalue weighted by atomic mass is 79.9. The minimum atomic E-state index is 0.227. The molecular formula is C10H13BrClNO. The van der Waals surface area contributed by atoms with Crippen molar-refractivity contribution in [2.45, 2.75) is 19.3 Å². The molecule has 2 nitrogen and oxygen atoms in total. The molecule has 78 valence electrons. The van der Waals surface area contributed by atoms with E-state index in [1.54, 1.807) is 12.1 Å². The molecule has 0 fully saturated rings. The Balaban J connectivity index is 3.02. The van der Waals surface area contributed by atoms with Crippen molar-refractivity contribution in [3.63, 3.8) is 0 Å². The van der Waals surface area contributed by atoms with Gasteiger partial charge in [-0.05, 0) is 52.5 Å². The van der Waals surface area contributed by atoms with Gasteiger partial charge >= 0.3 is 0 Å². The van der Waals surface area contributed by atoms with Gasteiger partial charge in [-0.1, -0.05) is 18.5 Å². The summed E-state index contributed by atoms with van der Waals surface area (Å²) in [5.74, 6) is 0.493. The Morgan fingerprint density at radius 1 is 1.57 bits per heavy atom. The number of rotatable bonds is 3. The Kier molecular flexibility index (Phi) is 4.23. The number of nitrogens with two attached hydrogens (primary N) is 1. The Morgan fingerprint density at radius 2 is 2.21 bits per heavy atom. The molecule has 14 heavy (non-hydrogen) atoms. The van der Waals surface area contributed by atoms with Crippen LogP contribution in [-0.4, -0.2) is 11.7 Å². The Hall–Kier alpha value is -0.250. The lowest BCUT2D eigenvalue weighted by molar-refractivity contribution is 0.460. The first-order chi connectivity index (χ1) is 6.56. The molecule has 1 aromatic rings. The molecule has 0 aromatic heterocycles. The smallest absolute Gasteiger partial charge is 0.120 e. The summed E-state index contributed by atoms with van der Waals surface area (Å²) in [6.45, 7) is 2.63. The van der Waals surface area contributed by atoms with Gasteiger partial charge in [0.25, 0.3) is 0 Å². The van der Waals surface area contributed by atoms with Crippen LogP contribution in [0.2, 0.25) is 5.02 Å². The van der Waals surface area contributed by atoms with Crippen LogP contribution >= 0.6 is 27.5 Å². The fourth-order valence-corrected chi connectivity index (χ4v) is 1.86. The topological polar surface area (TPSA) is 46.2 Å². The zero-order valence-corrected chi connectivity index (χ0v) is 10.3. The van der Waals surface area contributed by atoms with Gasteiger partial charge in [-0.15, -0.1) is 0 Å². The average molecular weight is 279 g/mol. The Labute approximate surface area is 97.2 Å². The maximum absolute atomic E-state index is 9.68. The van der Waals surface area contributed by atoms with Gasteiger partial charge in [0.15, 0.2) is 0 Å². The molecule has 1 unspecified atom stereocenters. The third-order valence-corrected chi connectivity index (χ3v) is 3.40. The van der Waals surface area contributed by atoms with E-state index < -0.39 is 0 Å². The maximum atomic E-state index is 9.68. The molecule has 0 bridgehead atoms. The van der Waals surface area contributed by atoms with E-state index in [0.717, 1.165) is 12.0 Å². The number of hydrogen-bond acceptors (Lipinski definition) is 2. The predicted molar refractivity (Wildman–Crippen MR) is 62.9 cm³/mol. The van der Waals surface area contributed by atoms with E-state index in [0.29, 0.717) is 16.0 Å². The SMILES string of the molecule is CC(CCN)c1cc(Cl)c(Br)cc1O. The number of halogens is 2. The van der Waals surface area contributed by atoms with Crippen LogP contribution in [0.5, 0.6) is 5.75 Å². The summed E-state index contributed by atoms with van der Waals surface area (Å²) in [4.78, 5) is 0. The second-order valence-corrected chi connectivity index (χ2v) is 4.57. The van der Waals surface area contributed by atoms with Crippen molar-refractivity contribution < 1.29 is 5.11 Å². The summed E-state index contributed by atoms with van der Waals surface area (Å²) in [5, 5.41) is 10.3. The molecule has 0 heterocycles. The van der Waals surface area contributed by atoms with Crippen LogP contribution in [0.1, 0.15) is 24.8 Å². The van der Waals surface area contributed by atoms with Crippen LogP contribution in [-0.2, 0) is 0 Å². The van der Waals surface area contributed by atoms with Crippen molar-refractivity contribution in [1.82, 2.24) is 0 Å². The van der Waals surface area contributed by atoms with Crippen LogP contribution in [0, 0.1) is 0 Å². The molecule has 1 rings (SSSR count). The van der Waals surface area contributed by atoms with Gasteiger partial charge < -0.3 is 10.8 Å². The fraction of sp³-hybridized carbons (Fsp3) is 0.400. The first-order valence-electron chi connectivity index (χ1n) is 4.44. The summed E-state index contributed by atoms with van der Waals surface area (Å²) in [7, 11) is 0. The molecule has 0 aliphatic rings. The zero-order chi connectivity index (χ0) is 10.7. The van der Waals surface area contributed by atoms with E-state index in [9.17, 15) is 5.11 Å². The van der Waals surface area contributed by atoms with E-state index in [4.69, 9.17) is 17.3 Å². The van der Waals surface area contributed by atoms with Gasteiger partial charge in [-0.3, -0.25) is 0 Å². The van der Waals surface area contributed by atoms with E-state index >= 15 is 0 Å². The minimum absolute atomic E-state index is 0.227. The van der Waals surface area contributed by atoms with E-state index in [-0.39, 0.29) is 11.7 Å². The summed E-state index contributed by atoms with van der Waals surface area (Å²) >= 11 is 9.19. The van der Waals surface area contributed by atoms with Crippen molar-refractivity contribution in [2.24, 2.45) is 5.73 Å². The molecule has 0 saturated heterocycles. The summed E-state index contributed by atoms with van der Waals surface area (Å²) in [6.07, 6.45) is 0.839. The highest BCUT2D eigenvalue weighted by molar-refractivity contribution is 9.10. The summed E-state index contributed by atoms with van der Waals surface area (Å²) in [5.41, 5.74) is 6.31. The average Bonchev–Trinajstić information content (AvgIpc) is 2.11. The van der Waals surface area contributed by atoms with Crippen LogP contribution in [0.3, 0.4) is 0 Å². The van der Waals surface area contributed by atoms with Crippen molar-refractivity contribution in [1.29, 1.82) is 0 Å². The fourth-order valence-electron chi connectivity index (χ4n) is 1.35. The molecule has 0 spiro atoms. The quantitative estimate of drug-likeness (QED) is 0.891. The number of phenolic OH excluding ortho intramolecular Hbond substituents is 1. The Morgan fingerprint density at radius 3 is 2.79 bits per heavy atom. The van der Waals surface area contributed by atoms with Gasteiger partial charge in [0.1, 0.15) is 5.75 Å². The lowest BCUT2D eigenvalue weighted by Gasteiger charge is -2.13. The lowest BCUT2D eigenvalue weighted by atomic mass is 9.97. The molecule has 0 aliphatic heterocycles. The van der Waals surface area contributed by atoms with E-state index in [1.165, 1.54) is 0 Å². The van der Waals surface area contributed by atoms with Gasteiger partial charge in [-0.25, -0.2) is 0 Å². The zero-order valence-electron chi connectivity index (χ0n) is 7.93. The largest absolute Gasteiger partial charge is 0.508 e. The number of hydrogen-bond donors (Lipinski definition) is 2. The molecule has 0 aliphatic carbocycles. The van der Waals surface area contributed by atoms with Crippen molar-refractivity contribution in [3.8, 4) is 5.75 Å². The molecule has 1 atom stereocenters. The van der Waals surface area contributed by atoms with Gasteiger partial charge in [0.2, 0.25) is 0 Å². The molecule has 3 N–H and O–H groups in total. The number of phenols is 1. The highest BCUT2D eigenvalue weighted by Crippen LogP contribution is 2.35. The van der Waals surface area contributed by atoms with Crippen molar-refractivity contribution in [2.75, 3.05) is 6.54 Å². The van der Waals surface area contributed by atoms with Crippen LogP contribution in [0.4, 0.5) is 0 Å². The first-order valence-corrected chi connectivity index (χ1v) is 5.61. The lowest BCUT2D eigenvalue weighted by Crippen LogP contribution is -2.04. The molecule has 1 aromatic carbocycles. The van der Waals surface area contributed by atoms with Crippen molar-refractivity contribution >= 4 is 27.5 Å². The summed E-state index contributed by atoms with van der Waals surface area (Å²) in [6, 6.07) is 3.39. The second kappa shape index (κ2) is 5.01. The maximum Gasteiger partial charge on any atom is 0.120 e. The second-order valence-electron chi connectivity index (χ2n) is 3.30. The number of aromatic hydroxyl groups is 1. The normalized spacial score (nSPS) is 12.9. The van der Waals surface area contributed by atoms with Gasteiger partial charge in [0, 0.05) is 4.47 Å². The number of benzene rings is 1. The van der Waals surface area contributed by atoms with Crippen LogP contribution in [0.15, 0.2) is 16.6 Å². The third kappa shape index (κ3) is 2.62. The monoisotopic (exact) mass is 277 g/mol. The standard InChI is InChI=1S/C10H13BrClNO/c1-6(2-3-13)7-4-9(12)8(11)5-10(7)14/h4-6,14H,2-3,13H2,1H3. The van der Waals surface area contributed by atoms with Crippen molar-refractivity contribution in [3.05, 3.63) is 27.2 Å². The van der Waals surface area contributed by atoms with Crippen LogP contribution in [0.25, 0.3) is 0 Å². The third-order valence-electron chi connectivity index (χ3n) is 2.20. The summed E-state index contributed by atoms with van der Waals surface area (Å²) < 4.78 is 0.709. The van der Waals surface area contributed by atoms with Gasteiger partial charge in [0.05, 0.1) is 5.02 Å². The minimum Gasteiger partial charge on any atom is -0.508 e. The molecule has 4 heteroatoms. The van der Waals surface area contributed by atoms with Gasteiger partial charge in [-0.2, -0.15) is 0 Å². The predicted octanol–water partition coefficient (Wildman–Crippen LogP) is 3.26. The molecule has 0 amide bonds. The first kappa shape index (κ1) is 11.8. The highest BCUT2D eigenvalue weighted by Gasteiger charge is 2.12. The molecular weight excluding hydrogens is 265 g/mol. The molecule has 0 radical (unpaired) electrons. The van der Waals surface area contributed by atoms with Crippen LogP contribution < -0.4 is 5.73 Å². The van der Waals surface area contributed by atoms with E-state index in [2.05, 4.69) is 15.9 Å². The Bertz CT molecular complexity index is 330. The molecule has 0 saturated carbocycles.